The summed E-state index contributed by atoms with van der Waals surface area (Å²) < 4.78 is 1.93. The fourth-order valence-corrected chi connectivity index (χ4v) is 5.52. The Hall–Kier alpha value is 0.0900. The van der Waals surface area contributed by atoms with Crippen LogP contribution in [0.5, 0.6) is 0 Å². The second kappa shape index (κ2) is 6.46. The van der Waals surface area contributed by atoms with Crippen LogP contribution in [-0.4, -0.2) is 36.0 Å². The molecule has 1 amide bonds. The van der Waals surface area contributed by atoms with Gasteiger partial charge < -0.3 is 10.2 Å². The Bertz CT molecular complexity index is 495. The second-order valence-electron chi connectivity index (χ2n) is 5.57. The van der Waals surface area contributed by atoms with Crippen molar-refractivity contribution < 1.29 is 4.79 Å². The molecule has 3 rings (SSSR count). The first kappa shape index (κ1) is 15.0. The molecule has 110 valence electrons. The van der Waals surface area contributed by atoms with Gasteiger partial charge in [-0.25, -0.2) is 0 Å². The lowest BCUT2D eigenvalue weighted by Crippen LogP contribution is -2.46. The van der Waals surface area contributed by atoms with Gasteiger partial charge in [-0.15, -0.1) is 11.3 Å². The van der Waals surface area contributed by atoms with Gasteiger partial charge in [0.15, 0.2) is 0 Å². The van der Waals surface area contributed by atoms with Crippen molar-refractivity contribution in [1.82, 2.24) is 10.2 Å². The van der Waals surface area contributed by atoms with Crippen molar-refractivity contribution in [3.63, 3.8) is 0 Å². The van der Waals surface area contributed by atoms with E-state index in [9.17, 15) is 4.79 Å². The van der Waals surface area contributed by atoms with Crippen LogP contribution in [0.1, 0.15) is 42.5 Å². The van der Waals surface area contributed by atoms with Crippen molar-refractivity contribution in [2.45, 2.75) is 44.2 Å². The number of amides is 1. The third-order valence-electron chi connectivity index (χ3n) is 3.97. The van der Waals surface area contributed by atoms with Gasteiger partial charge in [0.05, 0.1) is 13.1 Å². The van der Waals surface area contributed by atoms with E-state index < -0.39 is 0 Å². The highest BCUT2D eigenvalue weighted by molar-refractivity contribution is 9.12. The van der Waals surface area contributed by atoms with Crippen LogP contribution in [0.15, 0.2) is 13.6 Å². The topological polar surface area (TPSA) is 32.3 Å². The molecule has 2 aliphatic rings. The van der Waals surface area contributed by atoms with E-state index in [0.29, 0.717) is 12.1 Å². The molecule has 1 aromatic rings. The van der Waals surface area contributed by atoms with Gasteiger partial charge in [-0.05, 0) is 70.2 Å². The predicted molar refractivity (Wildman–Crippen MR) is 89.4 cm³/mol. The molecule has 1 N–H and O–H groups in total. The molecule has 0 aromatic carbocycles. The molecule has 1 aliphatic carbocycles. The van der Waals surface area contributed by atoms with E-state index in [1.165, 1.54) is 19.3 Å². The number of hydrogen-bond donors (Lipinski definition) is 1. The third-order valence-corrected chi connectivity index (χ3v) is 6.30. The summed E-state index contributed by atoms with van der Waals surface area (Å²) in [5, 5.41) is 3.55. The summed E-state index contributed by atoms with van der Waals surface area (Å²) >= 11 is 8.53. The predicted octanol–water partition coefficient (Wildman–Crippen LogP) is 4.02. The van der Waals surface area contributed by atoms with Crippen molar-refractivity contribution in [2.24, 2.45) is 0 Å². The van der Waals surface area contributed by atoms with Crippen LogP contribution in [0.3, 0.4) is 0 Å². The summed E-state index contributed by atoms with van der Waals surface area (Å²) in [6.45, 7) is 1.94. The molecule has 6 heteroatoms. The van der Waals surface area contributed by atoms with Crippen molar-refractivity contribution in [1.29, 1.82) is 0 Å². The fourth-order valence-electron chi connectivity index (χ4n) is 2.74. The molecule has 0 radical (unpaired) electrons. The molecule has 1 unspecified atom stereocenters. The van der Waals surface area contributed by atoms with Crippen molar-refractivity contribution in [2.75, 3.05) is 13.1 Å². The smallest absolute Gasteiger partial charge is 0.256 e. The molecule has 1 atom stereocenters. The maximum atomic E-state index is 12.8. The number of hydrogen-bond acceptors (Lipinski definition) is 3. The summed E-state index contributed by atoms with van der Waals surface area (Å²) in [7, 11) is 0. The Balaban J connectivity index is 1.72. The Kier molecular flexibility index (Phi) is 4.85. The minimum absolute atomic E-state index is 0.175. The number of carbonyl (C=O) groups excluding carboxylic acids is 1. The average Bonchev–Trinajstić information content (AvgIpc) is 3.22. The minimum atomic E-state index is 0.175. The highest BCUT2D eigenvalue weighted by atomic mass is 79.9. The molecule has 20 heavy (non-hydrogen) atoms. The standard InChI is InChI=1S/C14H18Br2N2OS/c15-12-7-11(13(16)20-12)14(19)18(10-4-5-10)8-9-3-1-2-6-17-9/h7,9-10,17H,1-6,8H2. The van der Waals surface area contributed by atoms with E-state index in [-0.39, 0.29) is 5.91 Å². The summed E-state index contributed by atoms with van der Waals surface area (Å²) in [4.78, 5) is 14.9. The van der Waals surface area contributed by atoms with E-state index in [4.69, 9.17) is 0 Å². The zero-order valence-corrected chi connectivity index (χ0v) is 15.2. The first-order chi connectivity index (χ1) is 9.65. The Morgan fingerprint density at radius 3 is 2.70 bits per heavy atom. The average molecular weight is 422 g/mol. The summed E-state index contributed by atoms with van der Waals surface area (Å²) in [5.74, 6) is 0.175. The van der Waals surface area contributed by atoms with Crippen LogP contribution in [-0.2, 0) is 0 Å². The molecular weight excluding hydrogens is 404 g/mol. The van der Waals surface area contributed by atoms with Gasteiger partial charge >= 0.3 is 0 Å². The molecule has 2 heterocycles. The largest absolute Gasteiger partial charge is 0.334 e. The zero-order valence-electron chi connectivity index (χ0n) is 11.2. The lowest BCUT2D eigenvalue weighted by atomic mass is 10.0. The van der Waals surface area contributed by atoms with Gasteiger partial charge in [0, 0.05) is 18.6 Å². The van der Waals surface area contributed by atoms with Crippen LogP contribution >= 0.6 is 43.2 Å². The van der Waals surface area contributed by atoms with Gasteiger partial charge in [-0.1, -0.05) is 6.42 Å². The zero-order chi connectivity index (χ0) is 14.1. The highest BCUT2D eigenvalue weighted by Crippen LogP contribution is 2.35. The van der Waals surface area contributed by atoms with Crippen molar-refractivity contribution >= 4 is 49.1 Å². The Labute approximate surface area is 140 Å². The second-order valence-corrected chi connectivity index (χ2v) is 9.32. The molecule has 0 spiro atoms. The Morgan fingerprint density at radius 1 is 1.35 bits per heavy atom. The first-order valence-corrected chi connectivity index (χ1v) is 9.54. The molecule has 1 saturated heterocycles. The number of rotatable bonds is 4. The van der Waals surface area contributed by atoms with Gasteiger partial charge in [0.2, 0.25) is 0 Å². The van der Waals surface area contributed by atoms with Crippen LogP contribution in [0.25, 0.3) is 0 Å². The molecule has 3 nitrogen and oxygen atoms in total. The summed E-state index contributed by atoms with van der Waals surface area (Å²) in [6.07, 6.45) is 6.03. The van der Waals surface area contributed by atoms with E-state index in [1.807, 2.05) is 6.07 Å². The van der Waals surface area contributed by atoms with Gasteiger partial charge in [-0.3, -0.25) is 4.79 Å². The number of nitrogens with one attached hydrogen (secondary N) is 1. The highest BCUT2D eigenvalue weighted by Gasteiger charge is 2.35. The minimum Gasteiger partial charge on any atom is -0.334 e. The first-order valence-electron chi connectivity index (χ1n) is 7.14. The van der Waals surface area contributed by atoms with Crippen LogP contribution in [0.4, 0.5) is 0 Å². The molecular formula is C14H18Br2N2OS. The number of halogens is 2. The maximum Gasteiger partial charge on any atom is 0.256 e. The van der Waals surface area contributed by atoms with Crippen LogP contribution < -0.4 is 5.32 Å². The van der Waals surface area contributed by atoms with Crippen LogP contribution in [0, 0.1) is 0 Å². The monoisotopic (exact) mass is 420 g/mol. The molecule has 2 fully saturated rings. The van der Waals surface area contributed by atoms with Gasteiger partial charge in [-0.2, -0.15) is 0 Å². The van der Waals surface area contributed by atoms with E-state index in [0.717, 1.165) is 39.1 Å². The SMILES string of the molecule is O=C(c1cc(Br)sc1Br)N(CC1CCCCN1)C1CC1. The quantitative estimate of drug-likeness (QED) is 0.796. The van der Waals surface area contributed by atoms with Gasteiger partial charge in [0.1, 0.15) is 0 Å². The van der Waals surface area contributed by atoms with E-state index in [1.54, 1.807) is 11.3 Å². The van der Waals surface area contributed by atoms with E-state index in [2.05, 4.69) is 42.1 Å². The fraction of sp³-hybridized carbons (Fsp3) is 0.643. The number of piperidine rings is 1. The third kappa shape index (κ3) is 3.46. The number of nitrogens with zero attached hydrogens (tertiary/aromatic N) is 1. The number of carbonyl (C=O) groups is 1. The summed E-state index contributed by atoms with van der Waals surface area (Å²) in [5.41, 5.74) is 0.796. The molecule has 1 aromatic heterocycles. The summed E-state index contributed by atoms with van der Waals surface area (Å²) in [6, 6.07) is 2.85. The molecule has 1 aliphatic heterocycles. The molecule has 0 bridgehead atoms. The Morgan fingerprint density at radius 2 is 2.15 bits per heavy atom. The van der Waals surface area contributed by atoms with Crippen LogP contribution in [0.2, 0.25) is 0 Å². The number of thiophene rings is 1. The normalized spacial score (nSPS) is 22.8. The van der Waals surface area contributed by atoms with E-state index >= 15 is 0 Å². The lowest BCUT2D eigenvalue weighted by Gasteiger charge is -2.30. The maximum absolute atomic E-state index is 12.8. The van der Waals surface area contributed by atoms with Gasteiger partial charge in [0.25, 0.3) is 5.91 Å². The van der Waals surface area contributed by atoms with Crippen molar-refractivity contribution in [3.05, 3.63) is 19.2 Å². The lowest BCUT2D eigenvalue weighted by molar-refractivity contribution is 0.0717. The molecule has 1 saturated carbocycles. The van der Waals surface area contributed by atoms with Crippen molar-refractivity contribution in [3.8, 4) is 0 Å².